The number of hydrogen-bond donors (Lipinski definition) is 1. The second-order valence-electron chi connectivity index (χ2n) is 20.7. The van der Waals surface area contributed by atoms with Crippen molar-refractivity contribution < 1.29 is 8.78 Å². The lowest BCUT2D eigenvalue weighted by atomic mass is 9.96. The maximum atomic E-state index is 19.6. The summed E-state index contributed by atoms with van der Waals surface area (Å²) in [5.41, 5.74) is 14.3. The SMILES string of the molecule is N#Cc1cccc(-c2c(-n3c4ccccc4c4ccccc43)c(F)c(-n3c4ccccc4c4ccccc43)c(F)c2-n2c3ccccc3c3cc(-c4cccc(-c5ccc6[nH]c7ccc(-c8ccccc8)cc7c6c5)c4)ccc32)c1. The summed E-state index contributed by atoms with van der Waals surface area (Å²) in [5.74, 6) is -1.50. The van der Waals surface area contributed by atoms with Crippen LogP contribution < -0.4 is 0 Å². The summed E-state index contributed by atoms with van der Waals surface area (Å²) in [4.78, 5) is 3.63. The molecule has 0 saturated heterocycles. The first-order valence-electron chi connectivity index (χ1n) is 26.8. The zero-order valence-corrected chi connectivity index (χ0v) is 42.8. The first-order chi connectivity index (χ1) is 39.5. The van der Waals surface area contributed by atoms with Gasteiger partial charge in [0.15, 0.2) is 11.6 Å². The number of para-hydroxylation sites is 5. The molecular weight excluding hydrogens is 985 g/mol. The molecular formula is C73H43F2N5. The molecule has 1 N–H and O–H groups in total. The Hall–Kier alpha value is -10.8. The molecule has 16 aromatic rings. The fraction of sp³-hybridized carbons (Fsp3) is 0. The number of aromatic amines is 1. The van der Waals surface area contributed by atoms with Crippen LogP contribution in [0.5, 0.6) is 0 Å². The summed E-state index contributed by atoms with van der Waals surface area (Å²) < 4.78 is 44.7. The molecule has 0 saturated carbocycles. The first-order valence-corrected chi connectivity index (χ1v) is 26.8. The van der Waals surface area contributed by atoms with Crippen molar-refractivity contribution in [3.05, 3.63) is 272 Å². The Balaban J connectivity index is 0.964. The Morgan fingerprint density at radius 2 is 0.650 bits per heavy atom. The van der Waals surface area contributed by atoms with Gasteiger partial charge in [0, 0.05) is 59.7 Å². The number of hydrogen-bond acceptors (Lipinski definition) is 1. The normalized spacial score (nSPS) is 11.9. The summed E-state index contributed by atoms with van der Waals surface area (Å²) in [6.07, 6.45) is 0. The van der Waals surface area contributed by atoms with E-state index in [1.807, 2.05) is 137 Å². The zero-order chi connectivity index (χ0) is 53.2. The quantitative estimate of drug-likeness (QED) is 0.170. The van der Waals surface area contributed by atoms with Gasteiger partial charge in [-0.3, -0.25) is 0 Å². The van der Waals surface area contributed by atoms with E-state index in [4.69, 9.17) is 0 Å². The van der Waals surface area contributed by atoms with Crippen LogP contribution in [0, 0.1) is 23.0 Å². The van der Waals surface area contributed by atoms with Crippen LogP contribution in [-0.2, 0) is 0 Å². The number of fused-ring (bicyclic) bond motifs is 12. The largest absolute Gasteiger partial charge is 0.355 e. The molecule has 0 aliphatic heterocycles. The van der Waals surface area contributed by atoms with Gasteiger partial charge in [0.2, 0.25) is 0 Å². The molecule has 0 spiro atoms. The van der Waals surface area contributed by atoms with E-state index in [9.17, 15) is 5.26 Å². The predicted molar refractivity (Wildman–Crippen MR) is 325 cm³/mol. The van der Waals surface area contributed by atoms with E-state index < -0.39 is 11.6 Å². The summed E-state index contributed by atoms with van der Waals surface area (Å²) >= 11 is 0. The first kappa shape index (κ1) is 45.4. The van der Waals surface area contributed by atoms with E-state index in [1.54, 1.807) is 22.8 Å². The molecule has 0 amide bonds. The highest BCUT2D eigenvalue weighted by Gasteiger charge is 2.33. The third-order valence-electron chi connectivity index (χ3n) is 16.3. The summed E-state index contributed by atoms with van der Waals surface area (Å²) in [6, 6.07) is 87.7. The maximum absolute atomic E-state index is 19.6. The van der Waals surface area contributed by atoms with Gasteiger partial charge in [0.1, 0.15) is 5.69 Å². The molecule has 0 unspecified atom stereocenters. The van der Waals surface area contributed by atoms with Gasteiger partial charge in [-0.2, -0.15) is 5.26 Å². The van der Waals surface area contributed by atoms with Gasteiger partial charge in [-0.1, -0.05) is 170 Å². The van der Waals surface area contributed by atoms with Crippen LogP contribution in [0.15, 0.2) is 255 Å². The van der Waals surface area contributed by atoms with Gasteiger partial charge in [0.25, 0.3) is 0 Å². The monoisotopic (exact) mass is 1030 g/mol. The molecule has 0 atom stereocenters. The lowest BCUT2D eigenvalue weighted by Gasteiger charge is -2.25. The molecule has 4 aromatic heterocycles. The van der Waals surface area contributed by atoms with Gasteiger partial charge >= 0.3 is 0 Å². The minimum atomic E-state index is -0.751. The minimum Gasteiger partial charge on any atom is -0.355 e. The Bertz CT molecular complexity index is 5190. The Labute approximate surface area is 457 Å². The standard InChI is InChI=1S/C73H43F2N5/c74-69-71(78-62-27-9-4-22-52(62)53-23-5-10-28-63(53)78)68(51-21-14-16-44(38-51)43-76)72(70(75)73(69)80-64-29-11-6-24-54(64)55-25-7-12-30-65(55)80)79-66-31-13-8-26-56(66)59-42-50(34-37-67(59)79)47-20-15-19-46(39-47)49-33-36-61-58(41-49)57-40-48(32-35-60(57)77-61)45-17-2-1-3-18-45/h1-42,77H. The van der Waals surface area contributed by atoms with Crippen molar-refractivity contribution in [1.29, 1.82) is 5.26 Å². The van der Waals surface area contributed by atoms with E-state index >= 15 is 8.78 Å². The van der Waals surface area contributed by atoms with Gasteiger partial charge in [-0.25, -0.2) is 8.78 Å². The second kappa shape index (κ2) is 17.6. The van der Waals surface area contributed by atoms with Gasteiger partial charge in [-0.15, -0.1) is 0 Å². The van der Waals surface area contributed by atoms with E-state index in [0.717, 1.165) is 93.1 Å². The van der Waals surface area contributed by atoms with Crippen molar-refractivity contribution >= 4 is 87.2 Å². The third kappa shape index (κ3) is 6.73. The van der Waals surface area contributed by atoms with Crippen molar-refractivity contribution in [2.45, 2.75) is 0 Å². The van der Waals surface area contributed by atoms with E-state index in [0.29, 0.717) is 27.7 Å². The molecule has 0 bridgehead atoms. The molecule has 5 nitrogen and oxygen atoms in total. The fourth-order valence-electron chi connectivity index (χ4n) is 12.8. The third-order valence-corrected chi connectivity index (χ3v) is 16.3. The van der Waals surface area contributed by atoms with E-state index in [2.05, 4.69) is 120 Å². The second-order valence-corrected chi connectivity index (χ2v) is 20.7. The van der Waals surface area contributed by atoms with Crippen molar-refractivity contribution in [1.82, 2.24) is 18.7 Å². The summed E-state index contributed by atoms with van der Waals surface area (Å²) in [6.45, 7) is 0. The molecule has 0 fully saturated rings. The van der Waals surface area contributed by atoms with Crippen molar-refractivity contribution in [2.75, 3.05) is 0 Å². The van der Waals surface area contributed by atoms with E-state index in [-0.39, 0.29) is 17.1 Å². The predicted octanol–water partition coefficient (Wildman–Crippen LogP) is 19.4. The molecule has 7 heteroatoms. The highest BCUT2D eigenvalue weighted by atomic mass is 19.1. The van der Waals surface area contributed by atoms with Crippen molar-refractivity contribution in [2.24, 2.45) is 0 Å². The molecule has 4 heterocycles. The van der Waals surface area contributed by atoms with Crippen LogP contribution in [0.1, 0.15) is 5.56 Å². The van der Waals surface area contributed by atoms with Crippen molar-refractivity contribution in [3.63, 3.8) is 0 Å². The topological polar surface area (TPSA) is 54.4 Å². The number of nitrogens with one attached hydrogen (secondary N) is 1. The van der Waals surface area contributed by atoms with Crippen LogP contribution in [0.4, 0.5) is 8.78 Å². The number of halogens is 2. The number of rotatable bonds is 7. The Morgan fingerprint density at radius 1 is 0.287 bits per heavy atom. The van der Waals surface area contributed by atoms with Crippen LogP contribution in [-0.4, -0.2) is 18.7 Å². The highest BCUT2D eigenvalue weighted by molar-refractivity contribution is 6.15. The number of nitrogens with zero attached hydrogens (tertiary/aromatic N) is 4. The molecule has 0 aliphatic rings. The van der Waals surface area contributed by atoms with Gasteiger partial charge < -0.3 is 18.7 Å². The smallest absolute Gasteiger partial charge is 0.174 e. The fourth-order valence-corrected chi connectivity index (χ4v) is 12.8. The molecule has 80 heavy (non-hydrogen) atoms. The number of benzene rings is 12. The van der Waals surface area contributed by atoms with E-state index in [1.165, 1.54) is 16.5 Å². The molecule has 0 radical (unpaired) electrons. The minimum absolute atomic E-state index is 0.153. The molecule has 0 aliphatic carbocycles. The Morgan fingerprint density at radius 3 is 1.15 bits per heavy atom. The van der Waals surface area contributed by atoms with Gasteiger partial charge in [0.05, 0.1) is 56.1 Å². The average Bonchev–Trinajstić information content (AvgIpc) is 4.41. The summed E-state index contributed by atoms with van der Waals surface area (Å²) in [5, 5.41) is 18.2. The number of H-pyrrole nitrogens is 1. The number of nitriles is 1. The average molecular weight is 1030 g/mol. The lowest BCUT2D eigenvalue weighted by Crippen LogP contribution is -2.14. The molecule has 374 valence electrons. The zero-order valence-electron chi connectivity index (χ0n) is 42.8. The highest BCUT2D eigenvalue weighted by Crippen LogP contribution is 2.48. The molecule has 16 rings (SSSR count). The Kier molecular flexibility index (Phi) is 10.00. The van der Waals surface area contributed by atoms with Crippen LogP contribution >= 0.6 is 0 Å². The van der Waals surface area contributed by atoms with Crippen LogP contribution in [0.25, 0.3) is 149 Å². The van der Waals surface area contributed by atoms with Crippen LogP contribution in [0.2, 0.25) is 0 Å². The lowest BCUT2D eigenvalue weighted by molar-refractivity contribution is 0.567. The number of aromatic nitrogens is 4. The van der Waals surface area contributed by atoms with Gasteiger partial charge in [-0.05, 0) is 124 Å². The summed E-state index contributed by atoms with van der Waals surface area (Å²) in [7, 11) is 0. The van der Waals surface area contributed by atoms with Crippen molar-refractivity contribution in [3.8, 4) is 67.6 Å². The maximum Gasteiger partial charge on any atom is 0.174 e. The van der Waals surface area contributed by atoms with Crippen LogP contribution in [0.3, 0.4) is 0 Å². The molecule has 12 aromatic carbocycles.